The zero-order valence-corrected chi connectivity index (χ0v) is 10.4. The second-order valence-corrected chi connectivity index (χ2v) is 4.55. The Hall–Kier alpha value is -1.22. The minimum atomic E-state index is -2.27. The van der Waals surface area contributed by atoms with Crippen molar-refractivity contribution in [1.82, 2.24) is 10.6 Å². The smallest absolute Gasteiger partial charge is 0.335 e. The lowest BCUT2D eigenvalue weighted by Crippen LogP contribution is -2.55. The van der Waals surface area contributed by atoms with Crippen LogP contribution in [0, 0.1) is 0 Å². The Morgan fingerprint density at radius 2 is 1.50 bits per heavy atom. The summed E-state index contributed by atoms with van der Waals surface area (Å²) in [5, 5.41) is 39.2. The van der Waals surface area contributed by atoms with Crippen molar-refractivity contribution in [2.24, 2.45) is 0 Å². The van der Waals surface area contributed by atoms with Crippen LogP contribution in [0.5, 0.6) is 0 Å². The van der Waals surface area contributed by atoms with Crippen LogP contribution >= 0.6 is 0 Å². The second kappa shape index (κ2) is 7.27. The largest absolute Gasteiger partial charge is 0.479 e. The first kappa shape index (κ1) is 16.8. The molecule has 0 radical (unpaired) electrons. The molecule has 8 nitrogen and oxygen atoms in total. The standard InChI is InChI=1S/C6H14N2.C4H6O6/c1-6(2)5-7-3-4-8-6;5-1(3(7)8)2(6)4(9)10/h7-8H,3-5H2,1-2H3;1-2,5-6H,(H,7,8)(H,9,10). The summed E-state index contributed by atoms with van der Waals surface area (Å²) in [6.07, 6.45) is -4.53. The maximum atomic E-state index is 9.77. The fourth-order valence-electron chi connectivity index (χ4n) is 1.22. The maximum Gasteiger partial charge on any atom is 0.335 e. The molecule has 0 aromatic heterocycles. The molecule has 1 heterocycles. The average Bonchev–Trinajstić information content (AvgIpc) is 2.27. The van der Waals surface area contributed by atoms with Gasteiger partial charge in [-0.05, 0) is 13.8 Å². The van der Waals surface area contributed by atoms with Gasteiger partial charge in [0.15, 0.2) is 12.2 Å². The Morgan fingerprint density at radius 3 is 1.67 bits per heavy atom. The Labute approximate surface area is 105 Å². The van der Waals surface area contributed by atoms with Gasteiger partial charge in [0.1, 0.15) is 0 Å². The molecule has 0 saturated carbocycles. The first-order valence-corrected chi connectivity index (χ1v) is 5.45. The molecule has 106 valence electrons. The predicted molar refractivity (Wildman–Crippen MR) is 62.2 cm³/mol. The van der Waals surface area contributed by atoms with Crippen LogP contribution in [0.3, 0.4) is 0 Å². The van der Waals surface area contributed by atoms with Crippen molar-refractivity contribution in [3.05, 3.63) is 0 Å². The first-order valence-electron chi connectivity index (χ1n) is 5.45. The third kappa shape index (κ3) is 6.50. The summed E-state index contributed by atoms with van der Waals surface area (Å²) in [7, 11) is 0. The molecule has 0 aliphatic carbocycles. The molecule has 1 fully saturated rings. The molecule has 2 unspecified atom stereocenters. The molecule has 6 N–H and O–H groups in total. The monoisotopic (exact) mass is 264 g/mol. The van der Waals surface area contributed by atoms with Gasteiger partial charge in [-0.1, -0.05) is 0 Å². The highest BCUT2D eigenvalue weighted by atomic mass is 16.4. The number of hydrogen-bond acceptors (Lipinski definition) is 6. The Bertz CT molecular complexity index is 268. The lowest BCUT2D eigenvalue weighted by Gasteiger charge is -2.31. The first-order chi connectivity index (χ1) is 8.17. The van der Waals surface area contributed by atoms with Crippen molar-refractivity contribution in [3.63, 3.8) is 0 Å². The van der Waals surface area contributed by atoms with Crippen molar-refractivity contribution in [3.8, 4) is 0 Å². The molecule has 0 aromatic rings. The maximum absolute atomic E-state index is 9.77. The van der Waals surface area contributed by atoms with Crippen molar-refractivity contribution in [2.75, 3.05) is 19.6 Å². The molecule has 18 heavy (non-hydrogen) atoms. The lowest BCUT2D eigenvalue weighted by molar-refractivity contribution is -0.165. The Morgan fingerprint density at radius 1 is 1.06 bits per heavy atom. The van der Waals surface area contributed by atoms with Gasteiger partial charge in [0.25, 0.3) is 0 Å². The van der Waals surface area contributed by atoms with Gasteiger partial charge in [-0.2, -0.15) is 0 Å². The summed E-state index contributed by atoms with van der Waals surface area (Å²) in [4.78, 5) is 19.5. The Balaban J connectivity index is 0.000000327. The van der Waals surface area contributed by atoms with E-state index in [1.165, 1.54) is 0 Å². The van der Waals surface area contributed by atoms with Crippen LogP contribution in [-0.2, 0) is 9.59 Å². The van der Waals surface area contributed by atoms with E-state index in [-0.39, 0.29) is 0 Å². The highest BCUT2D eigenvalue weighted by molar-refractivity contribution is 5.83. The summed E-state index contributed by atoms with van der Waals surface area (Å²) >= 11 is 0. The minimum absolute atomic E-state index is 0.318. The number of aliphatic carboxylic acids is 2. The fourth-order valence-corrected chi connectivity index (χ4v) is 1.22. The van der Waals surface area contributed by atoms with E-state index < -0.39 is 24.1 Å². The van der Waals surface area contributed by atoms with Crippen molar-refractivity contribution < 1.29 is 30.0 Å². The average molecular weight is 264 g/mol. The number of piperazine rings is 1. The van der Waals surface area contributed by atoms with E-state index in [4.69, 9.17) is 20.4 Å². The number of hydrogen-bond donors (Lipinski definition) is 6. The van der Waals surface area contributed by atoms with Crippen molar-refractivity contribution in [1.29, 1.82) is 0 Å². The van der Waals surface area contributed by atoms with Crippen LogP contribution in [0.15, 0.2) is 0 Å². The van der Waals surface area contributed by atoms with Gasteiger partial charge >= 0.3 is 11.9 Å². The van der Waals surface area contributed by atoms with E-state index in [1.54, 1.807) is 0 Å². The number of aliphatic hydroxyl groups excluding tert-OH is 2. The van der Waals surface area contributed by atoms with Gasteiger partial charge in [-0.25, -0.2) is 9.59 Å². The molecule has 0 spiro atoms. The minimum Gasteiger partial charge on any atom is -0.479 e. The molecule has 0 aromatic carbocycles. The van der Waals surface area contributed by atoms with Crippen molar-refractivity contribution >= 4 is 11.9 Å². The number of carboxylic acids is 2. The van der Waals surface area contributed by atoms with Gasteiger partial charge in [0, 0.05) is 25.2 Å². The van der Waals surface area contributed by atoms with E-state index in [1.807, 2.05) is 0 Å². The van der Waals surface area contributed by atoms with Gasteiger partial charge in [0.05, 0.1) is 0 Å². The third-order valence-electron chi connectivity index (χ3n) is 2.28. The van der Waals surface area contributed by atoms with E-state index in [0.29, 0.717) is 5.54 Å². The van der Waals surface area contributed by atoms with Crippen molar-refractivity contribution in [2.45, 2.75) is 31.6 Å². The number of nitrogens with one attached hydrogen (secondary N) is 2. The summed E-state index contributed by atoms with van der Waals surface area (Å²) in [6.45, 7) is 7.72. The summed E-state index contributed by atoms with van der Waals surface area (Å²) in [5.41, 5.74) is 0.318. The molecule has 2 atom stereocenters. The zero-order chi connectivity index (χ0) is 14.3. The summed E-state index contributed by atoms with van der Waals surface area (Å²) in [6, 6.07) is 0. The van der Waals surface area contributed by atoms with Gasteiger partial charge in [-0.15, -0.1) is 0 Å². The van der Waals surface area contributed by atoms with Crippen LogP contribution in [0.4, 0.5) is 0 Å². The van der Waals surface area contributed by atoms with E-state index >= 15 is 0 Å². The molecular formula is C10H20N2O6. The van der Waals surface area contributed by atoms with Crippen LogP contribution in [0.25, 0.3) is 0 Å². The molecule has 1 aliphatic heterocycles. The number of carbonyl (C=O) groups is 2. The zero-order valence-electron chi connectivity index (χ0n) is 10.4. The molecule has 1 aliphatic rings. The quantitative estimate of drug-likeness (QED) is 0.339. The molecule has 0 bridgehead atoms. The van der Waals surface area contributed by atoms with Crippen LogP contribution in [0.1, 0.15) is 13.8 Å². The second-order valence-electron chi connectivity index (χ2n) is 4.55. The number of carboxylic acid groups (broad SMARTS) is 2. The molecule has 8 heteroatoms. The highest BCUT2D eigenvalue weighted by Crippen LogP contribution is 2.00. The topological polar surface area (TPSA) is 139 Å². The molecular weight excluding hydrogens is 244 g/mol. The van der Waals surface area contributed by atoms with E-state index in [0.717, 1.165) is 19.6 Å². The Kier molecular flexibility index (Phi) is 6.77. The summed E-state index contributed by atoms with van der Waals surface area (Å²) < 4.78 is 0. The van der Waals surface area contributed by atoms with Crippen LogP contribution in [0.2, 0.25) is 0 Å². The number of aliphatic hydroxyl groups is 2. The van der Waals surface area contributed by atoms with Gasteiger partial charge in [0.2, 0.25) is 0 Å². The van der Waals surface area contributed by atoms with E-state index in [2.05, 4.69) is 24.5 Å². The molecule has 1 rings (SSSR count). The van der Waals surface area contributed by atoms with E-state index in [9.17, 15) is 9.59 Å². The van der Waals surface area contributed by atoms with Crippen LogP contribution in [-0.4, -0.2) is 69.7 Å². The fraction of sp³-hybridized carbons (Fsp3) is 0.800. The highest BCUT2D eigenvalue weighted by Gasteiger charge is 2.29. The SMILES string of the molecule is CC1(C)CNCCN1.O=C(O)C(O)C(O)C(=O)O. The lowest BCUT2D eigenvalue weighted by atomic mass is 10.0. The van der Waals surface area contributed by atoms with Gasteiger partial charge in [-0.3, -0.25) is 0 Å². The molecule has 1 saturated heterocycles. The predicted octanol–water partition coefficient (Wildman–Crippen LogP) is -2.16. The summed E-state index contributed by atoms with van der Waals surface area (Å²) in [5.74, 6) is -3.54. The molecule has 0 amide bonds. The van der Waals surface area contributed by atoms with Gasteiger partial charge < -0.3 is 31.1 Å². The third-order valence-corrected chi connectivity index (χ3v) is 2.28. The number of rotatable bonds is 3. The normalized spacial score (nSPS) is 21.1. The van der Waals surface area contributed by atoms with Crippen LogP contribution < -0.4 is 10.6 Å².